The topological polar surface area (TPSA) is 61.8 Å². The van der Waals surface area contributed by atoms with Crippen molar-refractivity contribution in [1.82, 2.24) is 0 Å². The van der Waals surface area contributed by atoms with Crippen LogP contribution in [-0.4, -0.2) is 25.5 Å². The van der Waals surface area contributed by atoms with E-state index in [0.717, 1.165) is 16.7 Å². The van der Waals surface area contributed by atoms with Crippen LogP contribution in [0.3, 0.4) is 0 Å². The average molecular weight is 400 g/mol. The molecular formula is C25H20O5. The number of hydrogen-bond donors (Lipinski definition) is 0. The maximum absolute atomic E-state index is 12.8. The zero-order valence-corrected chi connectivity index (χ0v) is 16.7. The smallest absolute Gasteiger partial charge is 0.343 e. The Labute approximate surface area is 174 Å². The third-order valence-corrected chi connectivity index (χ3v) is 4.93. The Hall–Kier alpha value is -3.86. The summed E-state index contributed by atoms with van der Waals surface area (Å²) in [6, 6.07) is 21.3. The number of Topliss-reactive ketones (excluding diaryl/α,β-unsaturated/α-hetero) is 1. The minimum Gasteiger partial charge on any atom is -0.481 e. The third kappa shape index (κ3) is 3.82. The number of carbonyl (C=O) groups is 2. The summed E-state index contributed by atoms with van der Waals surface area (Å²) in [5.74, 6) is 0.520. The van der Waals surface area contributed by atoms with Gasteiger partial charge in [0.25, 0.3) is 0 Å². The van der Waals surface area contributed by atoms with Crippen LogP contribution in [0.5, 0.6) is 11.5 Å². The average Bonchev–Trinajstić information content (AvgIpc) is 3.10. The number of methoxy groups -OCH3 is 1. The molecule has 0 unspecified atom stereocenters. The zero-order chi connectivity index (χ0) is 21.1. The summed E-state index contributed by atoms with van der Waals surface area (Å²) in [4.78, 5) is 24.1. The van der Waals surface area contributed by atoms with Gasteiger partial charge >= 0.3 is 5.97 Å². The molecule has 0 amide bonds. The van der Waals surface area contributed by atoms with Gasteiger partial charge in [-0.25, -0.2) is 4.79 Å². The van der Waals surface area contributed by atoms with Gasteiger partial charge < -0.3 is 14.2 Å². The molecule has 3 aromatic rings. The van der Waals surface area contributed by atoms with E-state index in [0.29, 0.717) is 22.6 Å². The van der Waals surface area contributed by atoms with E-state index in [1.165, 1.54) is 7.11 Å². The number of ketones is 1. The summed E-state index contributed by atoms with van der Waals surface area (Å²) < 4.78 is 15.9. The monoisotopic (exact) mass is 400 g/mol. The highest BCUT2D eigenvalue weighted by Crippen LogP contribution is 2.39. The highest BCUT2D eigenvalue weighted by Gasteiger charge is 2.30. The second-order valence-electron chi connectivity index (χ2n) is 6.86. The molecule has 150 valence electrons. The van der Waals surface area contributed by atoms with Crippen molar-refractivity contribution >= 4 is 17.8 Å². The standard InChI is InChI=1S/C25H20O5/c1-16-21(29-15-23(26)28-2)13-12-20-24(27)22(30-25(16)20)14-17-8-10-19(11-9-17)18-6-4-3-5-7-18/h3-14H,15H2,1-2H3/b22-14-. The number of esters is 1. The van der Waals surface area contributed by atoms with Crippen molar-refractivity contribution in [2.45, 2.75) is 6.92 Å². The number of carbonyl (C=O) groups excluding carboxylic acids is 2. The molecule has 0 N–H and O–H groups in total. The molecule has 1 aliphatic rings. The Kier molecular flexibility index (Phi) is 5.35. The Morgan fingerprint density at radius 1 is 0.967 bits per heavy atom. The number of fused-ring (bicyclic) bond motifs is 1. The van der Waals surface area contributed by atoms with E-state index < -0.39 is 5.97 Å². The highest BCUT2D eigenvalue weighted by molar-refractivity contribution is 6.15. The molecule has 3 aromatic carbocycles. The van der Waals surface area contributed by atoms with Crippen molar-refractivity contribution in [2.75, 3.05) is 13.7 Å². The summed E-state index contributed by atoms with van der Waals surface area (Å²) >= 11 is 0. The molecule has 1 aliphatic heterocycles. The van der Waals surface area contributed by atoms with Gasteiger partial charge in [-0.2, -0.15) is 0 Å². The maximum atomic E-state index is 12.8. The zero-order valence-electron chi connectivity index (χ0n) is 16.7. The minimum atomic E-state index is -0.480. The van der Waals surface area contributed by atoms with E-state index in [-0.39, 0.29) is 18.1 Å². The number of hydrogen-bond acceptors (Lipinski definition) is 5. The first kappa shape index (κ1) is 19.5. The van der Waals surface area contributed by atoms with Gasteiger partial charge in [0.05, 0.1) is 12.7 Å². The van der Waals surface area contributed by atoms with Crippen molar-refractivity contribution in [2.24, 2.45) is 0 Å². The van der Waals surface area contributed by atoms with Gasteiger partial charge in [-0.05, 0) is 41.8 Å². The molecule has 0 aromatic heterocycles. The molecule has 0 saturated heterocycles. The molecule has 1 heterocycles. The number of ether oxygens (including phenoxy) is 3. The lowest BCUT2D eigenvalue weighted by molar-refractivity contribution is -0.142. The molecule has 0 radical (unpaired) electrons. The Morgan fingerprint density at radius 3 is 2.37 bits per heavy atom. The van der Waals surface area contributed by atoms with Crippen molar-refractivity contribution < 1.29 is 23.8 Å². The fourth-order valence-corrected chi connectivity index (χ4v) is 3.27. The predicted octanol–water partition coefficient (Wildman–Crippen LogP) is 4.83. The molecule has 0 bridgehead atoms. The van der Waals surface area contributed by atoms with Gasteiger partial charge in [0.15, 0.2) is 12.4 Å². The Morgan fingerprint density at radius 2 is 1.67 bits per heavy atom. The van der Waals surface area contributed by atoms with Crippen LogP contribution in [0.1, 0.15) is 21.5 Å². The Balaban J connectivity index is 1.55. The molecule has 0 spiro atoms. The molecule has 5 heteroatoms. The largest absolute Gasteiger partial charge is 0.481 e. The minimum absolute atomic E-state index is 0.181. The highest BCUT2D eigenvalue weighted by atomic mass is 16.6. The predicted molar refractivity (Wildman–Crippen MR) is 114 cm³/mol. The van der Waals surface area contributed by atoms with Gasteiger partial charge in [0.2, 0.25) is 5.78 Å². The summed E-state index contributed by atoms with van der Waals surface area (Å²) in [6.07, 6.45) is 1.73. The second kappa shape index (κ2) is 8.25. The maximum Gasteiger partial charge on any atom is 0.343 e. The Bertz CT molecular complexity index is 1130. The van der Waals surface area contributed by atoms with Crippen LogP contribution in [0.4, 0.5) is 0 Å². The van der Waals surface area contributed by atoms with Crippen LogP contribution in [-0.2, 0) is 9.53 Å². The fraction of sp³-hybridized carbons (Fsp3) is 0.120. The summed E-state index contributed by atoms with van der Waals surface area (Å²) in [5.41, 5.74) is 4.23. The summed E-state index contributed by atoms with van der Waals surface area (Å²) in [6.45, 7) is 1.58. The lowest BCUT2D eigenvalue weighted by Gasteiger charge is -2.10. The normalized spacial score (nSPS) is 13.7. The molecule has 30 heavy (non-hydrogen) atoms. The third-order valence-electron chi connectivity index (χ3n) is 4.93. The van der Waals surface area contributed by atoms with E-state index in [1.807, 2.05) is 42.5 Å². The molecule has 5 nitrogen and oxygen atoms in total. The van der Waals surface area contributed by atoms with E-state index in [9.17, 15) is 9.59 Å². The van der Waals surface area contributed by atoms with Gasteiger partial charge in [-0.15, -0.1) is 0 Å². The van der Waals surface area contributed by atoms with Crippen LogP contribution in [0.25, 0.3) is 17.2 Å². The number of allylic oxidation sites excluding steroid dienone is 1. The first-order chi connectivity index (χ1) is 14.6. The van der Waals surface area contributed by atoms with E-state index in [2.05, 4.69) is 16.9 Å². The SMILES string of the molecule is COC(=O)COc1ccc2c(c1C)O/C(=C\c1ccc(-c3ccccc3)cc1)C2=O. The first-order valence-corrected chi connectivity index (χ1v) is 9.50. The van der Waals surface area contributed by atoms with Crippen molar-refractivity contribution in [1.29, 1.82) is 0 Å². The van der Waals surface area contributed by atoms with E-state index in [4.69, 9.17) is 9.47 Å². The van der Waals surface area contributed by atoms with Crippen LogP contribution < -0.4 is 9.47 Å². The van der Waals surface area contributed by atoms with Gasteiger partial charge in [0.1, 0.15) is 11.5 Å². The van der Waals surface area contributed by atoms with Crippen molar-refractivity contribution in [3.05, 3.63) is 89.2 Å². The molecule has 4 rings (SSSR count). The van der Waals surface area contributed by atoms with Crippen LogP contribution in [0.15, 0.2) is 72.5 Å². The van der Waals surface area contributed by atoms with E-state index in [1.54, 1.807) is 25.1 Å². The van der Waals surface area contributed by atoms with Crippen LogP contribution in [0, 0.1) is 6.92 Å². The second-order valence-corrected chi connectivity index (χ2v) is 6.86. The van der Waals surface area contributed by atoms with Crippen LogP contribution >= 0.6 is 0 Å². The molecule has 0 fully saturated rings. The van der Waals surface area contributed by atoms with Gasteiger partial charge in [-0.3, -0.25) is 4.79 Å². The lowest BCUT2D eigenvalue weighted by Crippen LogP contribution is -2.13. The van der Waals surface area contributed by atoms with Crippen LogP contribution in [0.2, 0.25) is 0 Å². The molecule has 0 aliphatic carbocycles. The van der Waals surface area contributed by atoms with Crippen molar-refractivity contribution in [3.8, 4) is 22.6 Å². The number of benzene rings is 3. The molecule has 0 atom stereocenters. The van der Waals surface area contributed by atoms with E-state index >= 15 is 0 Å². The summed E-state index contributed by atoms with van der Waals surface area (Å²) in [5, 5.41) is 0. The quantitative estimate of drug-likeness (QED) is 0.453. The molecular weight excluding hydrogens is 380 g/mol. The van der Waals surface area contributed by atoms with Gasteiger partial charge in [0, 0.05) is 5.56 Å². The lowest BCUT2D eigenvalue weighted by atomic mass is 10.0. The first-order valence-electron chi connectivity index (χ1n) is 9.50. The fourth-order valence-electron chi connectivity index (χ4n) is 3.27. The number of rotatable bonds is 5. The van der Waals surface area contributed by atoms with Gasteiger partial charge in [-0.1, -0.05) is 54.6 Å². The summed E-state index contributed by atoms with van der Waals surface area (Å²) in [7, 11) is 1.30. The molecule has 0 saturated carbocycles. The van der Waals surface area contributed by atoms with Crippen molar-refractivity contribution in [3.63, 3.8) is 0 Å².